The molecule has 1 saturated heterocycles. The van der Waals surface area contributed by atoms with Gasteiger partial charge in [0.05, 0.1) is 31.1 Å². The molecule has 1 saturated carbocycles. The Kier molecular flexibility index (Phi) is 5.41. The highest BCUT2D eigenvalue weighted by molar-refractivity contribution is 7.89. The summed E-state index contributed by atoms with van der Waals surface area (Å²) in [5.74, 6) is 0.0786. The van der Waals surface area contributed by atoms with Gasteiger partial charge in [0.1, 0.15) is 5.82 Å². The summed E-state index contributed by atoms with van der Waals surface area (Å²) in [5.41, 5.74) is 0. The Labute approximate surface area is 148 Å². The van der Waals surface area contributed by atoms with E-state index in [0.717, 1.165) is 11.0 Å². The monoisotopic (exact) mass is 370 g/mol. The molecule has 1 heterocycles. The summed E-state index contributed by atoms with van der Waals surface area (Å²) in [6, 6.07) is 5.30. The zero-order valence-electron chi connectivity index (χ0n) is 14.4. The number of quaternary nitrogens is 1. The van der Waals surface area contributed by atoms with Gasteiger partial charge in [-0.05, 0) is 43.9 Å². The number of nitrogens with zero attached hydrogens (tertiary/aromatic N) is 1. The Hall–Kier alpha value is -1.51. The first kappa shape index (κ1) is 18.3. The number of nitrogens with one attached hydrogen (secondary N) is 2. The molecular formula is C17H25FN3O3S+. The SMILES string of the molecule is C[C@@H](NC(=O)C[NH+]1CCN(S(=O)(=O)c2cccc(F)c2)CC1)C1CC1. The van der Waals surface area contributed by atoms with Crippen LogP contribution in [0.2, 0.25) is 0 Å². The molecule has 1 atom stereocenters. The Balaban J connectivity index is 1.52. The minimum Gasteiger partial charge on any atom is -0.348 e. The molecule has 0 aromatic heterocycles. The zero-order valence-corrected chi connectivity index (χ0v) is 15.2. The second-order valence-electron chi connectivity index (χ2n) is 6.98. The van der Waals surface area contributed by atoms with Crippen molar-refractivity contribution in [2.45, 2.75) is 30.7 Å². The van der Waals surface area contributed by atoms with Crippen LogP contribution in [0.5, 0.6) is 0 Å². The summed E-state index contributed by atoms with van der Waals surface area (Å²) in [7, 11) is -3.68. The average Bonchev–Trinajstić information content (AvgIpc) is 3.40. The Morgan fingerprint density at radius 2 is 2.04 bits per heavy atom. The van der Waals surface area contributed by atoms with E-state index >= 15 is 0 Å². The van der Waals surface area contributed by atoms with Crippen LogP contribution in [0.25, 0.3) is 0 Å². The van der Waals surface area contributed by atoms with Crippen molar-refractivity contribution in [2.24, 2.45) is 5.92 Å². The molecular weight excluding hydrogens is 345 g/mol. The first-order valence-corrected chi connectivity index (χ1v) is 10.2. The van der Waals surface area contributed by atoms with Crippen molar-refractivity contribution in [3.63, 3.8) is 0 Å². The van der Waals surface area contributed by atoms with Crippen molar-refractivity contribution in [2.75, 3.05) is 32.7 Å². The smallest absolute Gasteiger partial charge is 0.275 e. The number of piperazine rings is 1. The topological polar surface area (TPSA) is 70.9 Å². The van der Waals surface area contributed by atoms with E-state index in [0.29, 0.717) is 38.6 Å². The van der Waals surface area contributed by atoms with Gasteiger partial charge in [0.2, 0.25) is 10.0 Å². The van der Waals surface area contributed by atoms with E-state index in [4.69, 9.17) is 0 Å². The summed E-state index contributed by atoms with van der Waals surface area (Å²) in [6.45, 7) is 4.21. The molecule has 0 spiro atoms. The number of hydrogen-bond acceptors (Lipinski definition) is 3. The number of sulfonamides is 1. The highest BCUT2D eigenvalue weighted by atomic mass is 32.2. The predicted octanol–water partition coefficient (Wildman–Crippen LogP) is -0.370. The number of benzene rings is 1. The summed E-state index contributed by atoms with van der Waals surface area (Å²) >= 11 is 0. The van der Waals surface area contributed by atoms with Crippen molar-refractivity contribution < 1.29 is 22.5 Å². The van der Waals surface area contributed by atoms with Gasteiger partial charge >= 0.3 is 0 Å². The van der Waals surface area contributed by atoms with Crippen molar-refractivity contribution in [1.82, 2.24) is 9.62 Å². The number of carbonyl (C=O) groups is 1. The molecule has 25 heavy (non-hydrogen) atoms. The molecule has 3 rings (SSSR count). The van der Waals surface area contributed by atoms with E-state index in [-0.39, 0.29) is 16.8 Å². The van der Waals surface area contributed by atoms with Crippen LogP contribution in [0.1, 0.15) is 19.8 Å². The maximum absolute atomic E-state index is 13.3. The minimum atomic E-state index is -3.68. The van der Waals surface area contributed by atoms with E-state index in [1.165, 1.54) is 35.3 Å². The molecule has 1 aliphatic carbocycles. The number of rotatable bonds is 6. The molecule has 1 amide bonds. The number of amides is 1. The van der Waals surface area contributed by atoms with E-state index in [2.05, 4.69) is 5.32 Å². The lowest BCUT2D eigenvalue weighted by molar-refractivity contribution is -0.895. The van der Waals surface area contributed by atoms with Crippen molar-refractivity contribution in [1.29, 1.82) is 0 Å². The van der Waals surface area contributed by atoms with Gasteiger partial charge in [-0.2, -0.15) is 4.31 Å². The lowest BCUT2D eigenvalue weighted by Gasteiger charge is -2.31. The van der Waals surface area contributed by atoms with Gasteiger partial charge in [0, 0.05) is 6.04 Å². The van der Waals surface area contributed by atoms with Gasteiger partial charge in [0.15, 0.2) is 6.54 Å². The summed E-state index contributed by atoms with van der Waals surface area (Å²) in [5, 5.41) is 3.03. The maximum atomic E-state index is 13.3. The van der Waals surface area contributed by atoms with Crippen LogP contribution in [0.15, 0.2) is 29.2 Å². The molecule has 2 N–H and O–H groups in total. The molecule has 2 fully saturated rings. The van der Waals surface area contributed by atoms with Crippen LogP contribution < -0.4 is 10.2 Å². The third kappa shape index (κ3) is 4.56. The number of hydrogen-bond donors (Lipinski definition) is 2. The van der Waals surface area contributed by atoms with E-state index in [1.807, 2.05) is 6.92 Å². The molecule has 1 aliphatic heterocycles. The number of carbonyl (C=O) groups excluding carboxylic acids is 1. The van der Waals surface area contributed by atoms with Gasteiger partial charge in [-0.1, -0.05) is 6.07 Å². The fourth-order valence-corrected chi connectivity index (χ4v) is 4.72. The van der Waals surface area contributed by atoms with Crippen LogP contribution in [0.3, 0.4) is 0 Å². The molecule has 138 valence electrons. The molecule has 1 aromatic carbocycles. The van der Waals surface area contributed by atoms with Crippen LogP contribution in [-0.2, 0) is 14.8 Å². The summed E-state index contributed by atoms with van der Waals surface area (Å²) < 4.78 is 39.8. The minimum absolute atomic E-state index is 0.0213. The van der Waals surface area contributed by atoms with E-state index in [9.17, 15) is 17.6 Å². The van der Waals surface area contributed by atoms with Gasteiger partial charge < -0.3 is 10.2 Å². The quantitative estimate of drug-likeness (QED) is 0.718. The molecule has 2 aliphatic rings. The van der Waals surface area contributed by atoms with Gasteiger partial charge in [-0.3, -0.25) is 4.79 Å². The maximum Gasteiger partial charge on any atom is 0.275 e. The van der Waals surface area contributed by atoms with Crippen molar-refractivity contribution >= 4 is 15.9 Å². The third-order valence-electron chi connectivity index (χ3n) is 4.99. The Bertz CT molecular complexity index is 728. The first-order valence-electron chi connectivity index (χ1n) is 8.75. The largest absolute Gasteiger partial charge is 0.348 e. The molecule has 8 heteroatoms. The molecule has 6 nitrogen and oxygen atoms in total. The highest BCUT2D eigenvalue weighted by Gasteiger charge is 2.33. The zero-order chi connectivity index (χ0) is 18.0. The highest BCUT2D eigenvalue weighted by Crippen LogP contribution is 2.32. The Morgan fingerprint density at radius 3 is 2.64 bits per heavy atom. The summed E-state index contributed by atoms with van der Waals surface area (Å²) in [4.78, 5) is 13.1. The van der Waals surface area contributed by atoms with Gasteiger partial charge in [-0.15, -0.1) is 0 Å². The van der Waals surface area contributed by atoms with Gasteiger partial charge in [0.25, 0.3) is 5.91 Å². The lowest BCUT2D eigenvalue weighted by Crippen LogP contribution is -3.15. The number of halogens is 1. The van der Waals surface area contributed by atoms with Crippen molar-refractivity contribution in [3.05, 3.63) is 30.1 Å². The normalized spacial score (nSPS) is 21.0. The second kappa shape index (κ2) is 7.39. The van der Waals surface area contributed by atoms with Crippen LogP contribution in [-0.4, -0.2) is 57.4 Å². The van der Waals surface area contributed by atoms with Crippen LogP contribution in [0.4, 0.5) is 4.39 Å². The average molecular weight is 370 g/mol. The van der Waals surface area contributed by atoms with Gasteiger partial charge in [-0.25, -0.2) is 12.8 Å². The first-order chi connectivity index (χ1) is 11.9. The molecule has 0 unspecified atom stereocenters. The predicted molar refractivity (Wildman–Crippen MR) is 91.1 cm³/mol. The second-order valence-corrected chi connectivity index (χ2v) is 8.92. The fourth-order valence-electron chi connectivity index (χ4n) is 3.24. The lowest BCUT2D eigenvalue weighted by atomic mass is 10.2. The molecule has 0 bridgehead atoms. The van der Waals surface area contributed by atoms with Crippen LogP contribution in [0, 0.1) is 11.7 Å². The molecule has 1 aromatic rings. The Morgan fingerprint density at radius 1 is 1.36 bits per heavy atom. The van der Waals surface area contributed by atoms with Crippen molar-refractivity contribution in [3.8, 4) is 0 Å². The summed E-state index contributed by atoms with van der Waals surface area (Å²) in [6.07, 6.45) is 2.37. The third-order valence-corrected chi connectivity index (χ3v) is 6.89. The standard InChI is InChI=1S/C17H24FN3O3S/c1-13(14-5-6-14)19-17(22)12-20-7-9-21(10-8-20)25(23,24)16-4-2-3-15(18)11-16/h2-4,11,13-14H,5-10,12H2,1H3,(H,19,22)/p+1/t13-/m1/s1. The van der Waals surface area contributed by atoms with E-state index < -0.39 is 15.8 Å². The molecule has 0 radical (unpaired) electrons. The van der Waals surface area contributed by atoms with E-state index in [1.54, 1.807) is 0 Å². The van der Waals surface area contributed by atoms with Crippen LogP contribution >= 0.6 is 0 Å². The fraction of sp³-hybridized carbons (Fsp3) is 0.588.